The van der Waals surface area contributed by atoms with Gasteiger partial charge in [0.05, 0.1) is 12.0 Å². The van der Waals surface area contributed by atoms with Gasteiger partial charge in [-0.2, -0.15) is 0 Å². The molecule has 1 aliphatic heterocycles. The number of nitrogens with zero attached hydrogens (tertiary/aromatic N) is 2. The summed E-state index contributed by atoms with van der Waals surface area (Å²) in [5.41, 5.74) is 0.169. The molecule has 17 heavy (non-hydrogen) atoms. The van der Waals surface area contributed by atoms with Gasteiger partial charge in [-0.15, -0.1) is 0 Å². The lowest BCUT2D eigenvalue weighted by Gasteiger charge is -2.16. The zero-order valence-corrected chi connectivity index (χ0v) is 9.38. The SMILES string of the molecule is COc1cccc(N2CCCC2=O)c1[N+](=O)[O-]. The highest BCUT2D eigenvalue weighted by atomic mass is 16.6. The van der Waals surface area contributed by atoms with Crippen LogP contribution in [0.3, 0.4) is 0 Å². The van der Waals surface area contributed by atoms with Crippen LogP contribution >= 0.6 is 0 Å². The van der Waals surface area contributed by atoms with Crippen molar-refractivity contribution in [2.24, 2.45) is 0 Å². The van der Waals surface area contributed by atoms with E-state index in [9.17, 15) is 14.9 Å². The van der Waals surface area contributed by atoms with E-state index in [1.807, 2.05) is 0 Å². The fraction of sp³-hybridized carbons (Fsp3) is 0.364. The second-order valence-electron chi connectivity index (χ2n) is 3.73. The molecule has 0 aliphatic carbocycles. The molecule has 0 N–H and O–H groups in total. The van der Waals surface area contributed by atoms with Gasteiger partial charge in [0.1, 0.15) is 5.69 Å². The Hall–Kier alpha value is -2.11. The minimum Gasteiger partial charge on any atom is -0.490 e. The van der Waals surface area contributed by atoms with Crippen molar-refractivity contribution in [3.05, 3.63) is 28.3 Å². The van der Waals surface area contributed by atoms with Crippen molar-refractivity contribution in [3.63, 3.8) is 0 Å². The highest BCUT2D eigenvalue weighted by molar-refractivity contribution is 5.98. The fourth-order valence-corrected chi connectivity index (χ4v) is 1.98. The van der Waals surface area contributed by atoms with Gasteiger partial charge in [-0.3, -0.25) is 14.9 Å². The van der Waals surface area contributed by atoms with Gasteiger partial charge in [-0.05, 0) is 18.6 Å². The monoisotopic (exact) mass is 236 g/mol. The van der Waals surface area contributed by atoms with Gasteiger partial charge in [0.2, 0.25) is 5.91 Å². The summed E-state index contributed by atoms with van der Waals surface area (Å²) < 4.78 is 4.96. The first-order chi connectivity index (χ1) is 8.15. The minimum atomic E-state index is -0.514. The molecule has 0 saturated carbocycles. The number of nitro groups is 1. The van der Waals surface area contributed by atoms with Crippen LogP contribution in [0.15, 0.2) is 18.2 Å². The summed E-state index contributed by atoms with van der Waals surface area (Å²) in [6.07, 6.45) is 1.17. The number of nitro benzene ring substituents is 1. The number of para-hydroxylation sites is 1. The van der Waals surface area contributed by atoms with Gasteiger partial charge < -0.3 is 9.64 Å². The number of hydrogen-bond donors (Lipinski definition) is 0. The largest absolute Gasteiger partial charge is 0.490 e. The van der Waals surface area contributed by atoms with Crippen LogP contribution in [0.2, 0.25) is 0 Å². The standard InChI is InChI=1S/C11H12N2O4/c1-17-9-5-2-4-8(11(9)13(15)16)12-7-3-6-10(12)14/h2,4-5H,3,6-7H2,1H3. The van der Waals surface area contributed by atoms with Gasteiger partial charge in [0.15, 0.2) is 5.75 Å². The van der Waals surface area contributed by atoms with E-state index in [4.69, 9.17) is 4.74 Å². The van der Waals surface area contributed by atoms with E-state index in [2.05, 4.69) is 0 Å². The molecule has 0 spiro atoms. The third kappa shape index (κ3) is 1.93. The van der Waals surface area contributed by atoms with Gasteiger partial charge >= 0.3 is 5.69 Å². The number of carbonyl (C=O) groups excluding carboxylic acids is 1. The molecule has 1 fully saturated rings. The predicted molar refractivity (Wildman–Crippen MR) is 61.2 cm³/mol. The maximum atomic E-state index is 11.6. The number of carbonyl (C=O) groups is 1. The Labute approximate surface area is 97.9 Å². The number of anilines is 1. The van der Waals surface area contributed by atoms with Gasteiger partial charge in [0, 0.05) is 13.0 Å². The van der Waals surface area contributed by atoms with Crippen LogP contribution < -0.4 is 9.64 Å². The topological polar surface area (TPSA) is 72.7 Å². The van der Waals surface area contributed by atoms with Crippen LogP contribution in [0, 0.1) is 10.1 Å². The van der Waals surface area contributed by atoms with Crippen molar-refractivity contribution in [2.75, 3.05) is 18.6 Å². The zero-order chi connectivity index (χ0) is 12.4. The van der Waals surface area contributed by atoms with E-state index in [1.54, 1.807) is 12.1 Å². The van der Waals surface area contributed by atoms with Crippen LogP contribution in [-0.2, 0) is 4.79 Å². The summed E-state index contributed by atoms with van der Waals surface area (Å²) in [5.74, 6) is 0.0913. The molecular weight excluding hydrogens is 224 g/mol. The molecule has 6 heteroatoms. The van der Waals surface area contributed by atoms with E-state index in [-0.39, 0.29) is 17.3 Å². The van der Waals surface area contributed by atoms with Gasteiger partial charge in [-0.25, -0.2) is 0 Å². The van der Waals surface area contributed by atoms with Crippen LogP contribution in [-0.4, -0.2) is 24.5 Å². The summed E-state index contributed by atoms with van der Waals surface area (Å²) in [6, 6.07) is 4.73. The van der Waals surface area contributed by atoms with Gasteiger partial charge in [0.25, 0.3) is 0 Å². The summed E-state index contributed by atoms with van der Waals surface area (Å²) in [7, 11) is 1.37. The fourth-order valence-electron chi connectivity index (χ4n) is 1.98. The second kappa shape index (κ2) is 4.40. The molecule has 0 radical (unpaired) electrons. The summed E-state index contributed by atoms with van der Waals surface area (Å²) in [4.78, 5) is 23.6. The van der Waals surface area contributed by atoms with Crippen molar-refractivity contribution < 1.29 is 14.5 Å². The van der Waals surface area contributed by atoms with Crippen molar-refractivity contribution in [2.45, 2.75) is 12.8 Å². The summed E-state index contributed by atoms with van der Waals surface area (Å²) in [5, 5.41) is 11.1. The molecule has 1 aromatic rings. The number of amides is 1. The molecule has 0 bridgehead atoms. The number of rotatable bonds is 3. The van der Waals surface area contributed by atoms with E-state index in [1.165, 1.54) is 18.1 Å². The lowest BCUT2D eigenvalue weighted by molar-refractivity contribution is -0.385. The second-order valence-corrected chi connectivity index (χ2v) is 3.73. The minimum absolute atomic E-state index is 0.0821. The average molecular weight is 236 g/mol. The van der Waals surface area contributed by atoms with Crippen molar-refractivity contribution >= 4 is 17.3 Å². The maximum Gasteiger partial charge on any atom is 0.334 e. The first-order valence-electron chi connectivity index (χ1n) is 5.27. The van der Waals surface area contributed by atoms with Crippen molar-refractivity contribution in [3.8, 4) is 5.75 Å². The molecule has 6 nitrogen and oxygen atoms in total. The van der Waals surface area contributed by atoms with E-state index in [0.29, 0.717) is 18.7 Å². The molecule has 1 heterocycles. The van der Waals surface area contributed by atoms with Crippen LogP contribution in [0.25, 0.3) is 0 Å². The maximum absolute atomic E-state index is 11.6. The molecule has 1 aromatic carbocycles. The number of ether oxygens (including phenoxy) is 1. The van der Waals surface area contributed by atoms with E-state index >= 15 is 0 Å². The molecule has 1 saturated heterocycles. The quantitative estimate of drug-likeness (QED) is 0.591. The third-order valence-electron chi connectivity index (χ3n) is 2.74. The summed E-state index contributed by atoms with van der Waals surface area (Å²) in [6.45, 7) is 0.521. The van der Waals surface area contributed by atoms with Gasteiger partial charge in [-0.1, -0.05) is 6.07 Å². The Balaban J connectivity index is 2.52. The number of methoxy groups -OCH3 is 1. The van der Waals surface area contributed by atoms with Crippen LogP contribution in [0.1, 0.15) is 12.8 Å². The molecule has 1 aliphatic rings. The molecule has 2 rings (SSSR count). The Morgan fingerprint density at radius 1 is 1.47 bits per heavy atom. The lowest BCUT2D eigenvalue weighted by Crippen LogP contribution is -2.24. The molecule has 0 atom stereocenters. The number of hydrogen-bond acceptors (Lipinski definition) is 4. The normalized spacial score (nSPS) is 15.1. The molecule has 1 amide bonds. The first-order valence-corrected chi connectivity index (χ1v) is 5.27. The van der Waals surface area contributed by atoms with Crippen molar-refractivity contribution in [1.82, 2.24) is 0 Å². The van der Waals surface area contributed by atoms with Crippen molar-refractivity contribution in [1.29, 1.82) is 0 Å². The highest BCUT2D eigenvalue weighted by Crippen LogP contribution is 2.38. The van der Waals surface area contributed by atoms with Crippen LogP contribution in [0.5, 0.6) is 5.75 Å². The lowest BCUT2D eigenvalue weighted by atomic mass is 10.2. The van der Waals surface area contributed by atoms with Crippen LogP contribution in [0.4, 0.5) is 11.4 Å². The Morgan fingerprint density at radius 3 is 2.76 bits per heavy atom. The van der Waals surface area contributed by atoms with E-state index in [0.717, 1.165) is 6.42 Å². The zero-order valence-electron chi connectivity index (χ0n) is 9.38. The first kappa shape index (κ1) is 11.4. The molecule has 0 unspecified atom stereocenters. The average Bonchev–Trinajstić information content (AvgIpc) is 2.74. The third-order valence-corrected chi connectivity index (χ3v) is 2.74. The number of benzene rings is 1. The predicted octanol–water partition coefficient (Wildman–Crippen LogP) is 1.73. The van der Waals surface area contributed by atoms with E-state index < -0.39 is 4.92 Å². The molecule has 90 valence electrons. The Bertz CT molecular complexity index is 473. The Morgan fingerprint density at radius 2 is 2.24 bits per heavy atom. The summed E-state index contributed by atoms with van der Waals surface area (Å²) >= 11 is 0. The highest BCUT2D eigenvalue weighted by Gasteiger charge is 2.30. The Kier molecular flexibility index (Phi) is 2.95. The smallest absolute Gasteiger partial charge is 0.334 e. The molecular formula is C11H12N2O4. The molecule has 0 aromatic heterocycles.